The molecule has 0 saturated carbocycles. The zero-order valence-electron chi connectivity index (χ0n) is 12.4. The SMILES string of the molecule is CCCN(CC1CCCN1)c1cc(C(C)C)ncn1. The maximum atomic E-state index is 4.47. The molecule has 0 amide bonds. The molecule has 1 atom stereocenters. The first-order chi connectivity index (χ1) is 9.20. The van der Waals surface area contributed by atoms with E-state index < -0.39 is 0 Å². The zero-order valence-corrected chi connectivity index (χ0v) is 12.4. The summed E-state index contributed by atoms with van der Waals surface area (Å²) in [6.07, 6.45) is 5.43. The fourth-order valence-electron chi connectivity index (χ4n) is 2.60. The third-order valence-corrected chi connectivity index (χ3v) is 3.69. The molecule has 1 unspecified atom stereocenters. The predicted molar refractivity (Wildman–Crippen MR) is 79.6 cm³/mol. The van der Waals surface area contributed by atoms with E-state index in [0.29, 0.717) is 12.0 Å². The van der Waals surface area contributed by atoms with Gasteiger partial charge in [0.25, 0.3) is 0 Å². The highest BCUT2D eigenvalue weighted by molar-refractivity contribution is 5.39. The van der Waals surface area contributed by atoms with Gasteiger partial charge in [0.2, 0.25) is 0 Å². The van der Waals surface area contributed by atoms with Gasteiger partial charge in [0, 0.05) is 30.9 Å². The second kappa shape index (κ2) is 6.85. The van der Waals surface area contributed by atoms with Gasteiger partial charge < -0.3 is 10.2 Å². The molecular weight excluding hydrogens is 236 g/mol. The van der Waals surface area contributed by atoms with Crippen LogP contribution in [0.5, 0.6) is 0 Å². The molecule has 0 aliphatic carbocycles. The molecule has 19 heavy (non-hydrogen) atoms. The smallest absolute Gasteiger partial charge is 0.132 e. The van der Waals surface area contributed by atoms with Gasteiger partial charge >= 0.3 is 0 Å². The first-order valence-corrected chi connectivity index (χ1v) is 7.51. The molecule has 1 aliphatic rings. The summed E-state index contributed by atoms with van der Waals surface area (Å²) in [5.41, 5.74) is 1.13. The molecule has 1 aromatic rings. The van der Waals surface area contributed by atoms with Crippen molar-refractivity contribution < 1.29 is 0 Å². The normalized spacial score (nSPS) is 19.1. The maximum absolute atomic E-state index is 4.47. The van der Waals surface area contributed by atoms with Crippen molar-refractivity contribution in [3.05, 3.63) is 18.1 Å². The standard InChI is InChI=1S/C15H26N4/c1-4-8-19(10-13-6-5-7-16-13)15-9-14(12(2)3)17-11-18-15/h9,11-13,16H,4-8,10H2,1-3H3. The molecule has 1 aliphatic heterocycles. The Labute approximate surface area is 116 Å². The van der Waals surface area contributed by atoms with E-state index in [-0.39, 0.29) is 0 Å². The topological polar surface area (TPSA) is 41.0 Å². The minimum absolute atomic E-state index is 0.454. The minimum Gasteiger partial charge on any atom is -0.355 e. The van der Waals surface area contributed by atoms with Gasteiger partial charge in [-0.05, 0) is 31.7 Å². The van der Waals surface area contributed by atoms with Gasteiger partial charge in [-0.3, -0.25) is 0 Å². The van der Waals surface area contributed by atoms with Crippen LogP contribution in [0.3, 0.4) is 0 Å². The van der Waals surface area contributed by atoms with Crippen LogP contribution in [0, 0.1) is 0 Å². The van der Waals surface area contributed by atoms with E-state index in [4.69, 9.17) is 0 Å². The molecule has 1 fully saturated rings. The molecule has 106 valence electrons. The first-order valence-electron chi connectivity index (χ1n) is 7.51. The van der Waals surface area contributed by atoms with Gasteiger partial charge in [0.1, 0.15) is 12.1 Å². The highest BCUT2D eigenvalue weighted by Gasteiger charge is 2.19. The maximum Gasteiger partial charge on any atom is 0.132 e. The van der Waals surface area contributed by atoms with Crippen molar-refractivity contribution in [3.63, 3.8) is 0 Å². The van der Waals surface area contributed by atoms with Crippen LogP contribution in [0.4, 0.5) is 5.82 Å². The molecule has 2 rings (SSSR count). The van der Waals surface area contributed by atoms with Crippen LogP contribution in [-0.4, -0.2) is 35.6 Å². The number of hydrogen-bond acceptors (Lipinski definition) is 4. The monoisotopic (exact) mass is 262 g/mol. The largest absolute Gasteiger partial charge is 0.355 e. The quantitative estimate of drug-likeness (QED) is 0.855. The van der Waals surface area contributed by atoms with Gasteiger partial charge in [0.05, 0.1) is 0 Å². The molecule has 1 N–H and O–H groups in total. The summed E-state index contributed by atoms with van der Waals surface area (Å²) in [7, 11) is 0. The summed E-state index contributed by atoms with van der Waals surface area (Å²) in [6.45, 7) is 9.85. The van der Waals surface area contributed by atoms with E-state index >= 15 is 0 Å². The van der Waals surface area contributed by atoms with Crippen LogP contribution < -0.4 is 10.2 Å². The Morgan fingerprint density at radius 3 is 2.89 bits per heavy atom. The van der Waals surface area contributed by atoms with Crippen molar-refractivity contribution in [2.45, 2.75) is 52.0 Å². The van der Waals surface area contributed by atoms with Crippen LogP contribution in [0.15, 0.2) is 12.4 Å². The summed E-state index contributed by atoms with van der Waals surface area (Å²) in [5.74, 6) is 1.53. The molecule has 1 aromatic heterocycles. The minimum atomic E-state index is 0.454. The number of anilines is 1. The summed E-state index contributed by atoms with van der Waals surface area (Å²) in [6, 6.07) is 2.76. The molecule has 4 nitrogen and oxygen atoms in total. The van der Waals surface area contributed by atoms with E-state index in [0.717, 1.165) is 37.6 Å². The van der Waals surface area contributed by atoms with Crippen LogP contribution >= 0.6 is 0 Å². The Morgan fingerprint density at radius 1 is 1.42 bits per heavy atom. The number of nitrogens with zero attached hydrogens (tertiary/aromatic N) is 3. The number of rotatable bonds is 6. The molecule has 1 saturated heterocycles. The van der Waals surface area contributed by atoms with Crippen molar-refractivity contribution >= 4 is 5.82 Å². The third-order valence-electron chi connectivity index (χ3n) is 3.69. The molecule has 0 aromatic carbocycles. The summed E-state index contributed by atoms with van der Waals surface area (Å²) in [4.78, 5) is 11.2. The van der Waals surface area contributed by atoms with E-state index in [1.807, 2.05) is 0 Å². The molecule has 0 spiro atoms. The Bertz CT molecular complexity index is 385. The average Bonchev–Trinajstić information content (AvgIpc) is 2.91. The molecule has 0 radical (unpaired) electrons. The van der Waals surface area contributed by atoms with Crippen molar-refractivity contribution in [1.82, 2.24) is 15.3 Å². The fourth-order valence-corrected chi connectivity index (χ4v) is 2.60. The lowest BCUT2D eigenvalue weighted by Crippen LogP contribution is -2.38. The summed E-state index contributed by atoms with van der Waals surface area (Å²) < 4.78 is 0. The van der Waals surface area contributed by atoms with Crippen LogP contribution in [0.1, 0.15) is 51.6 Å². The Kier molecular flexibility index (Phi) is 5.14. The lowest BCUT2D eigenvalue weighted by atomic mass is 10.1. The Hall–Kier alpha value is -1.16. The second-order valence-corrected chi connectivity index (χ2v) is 5.70. The Balaban J connectivity index is 2.10. The van der Waals surface area contributed by atoms with Crippen LogP contribution in [0.2, 0.25) is 0 Å². The van der Waals surface area contributed by atoms with Gasteiger partial charge in [-0.25, -0.2) is 9.97 Å². The van der Waals surface area contributed by atoms with Crippen molar-refractivity contribution in [2.75, 3.05) is 24.5 Å². The fraction of sp³-hybridized carbons (Fsp3) is 0.733. The number of nitrogens with one attached hydrogen (secondary N) is 1. The van der Waals surface area contributed by atoms with Crippen molar-refractivity contribution in [1.29, 1.82) is 0 Å². The number of aromatic nitrogens is 2. The Morgan fingerprint density at radius 2 is 2.26 bits per heavy atom. The molecule has 2 heterocycles. The van der Waals surface area contributed by atoms with Crippen molar-refractivity contribution in [2.24, 2.45) is 0 Å². The van der Waals surface area contributed by atoms with Gasteiger partial charge in [-0.1, -0.05) is 20.8 Å². The van der Waals surface area contributed by atoms with Gasteiger partial charge in [0.15, 0.2) is 0 Å². The van der Waals surface area contributed by atoms with Crippen LogP contribution in [-0.2, 0) is 0 Å². The summed E-state index contributed by atoms with van der Waals surface area (Å²) in [5, 5.41) is 3.57. The second-order valence-electron chi connectivity index (χ2n) is 5.70. The van der Waals surface area contributed by atoms with Gasteiger partial charge in [-0.2, -0.15) is 0 Å². The first kappa shape index (κ1) is 14.3. The molecule has 4 heteroatoms. The predicted octanol–water partition coefficient (Wildman–Crippen LogP) is 2.57. The highest BCUT2D eigenvalue weighted by Crippen LogP contribution is 2.18. The summed E-state index contributed by atoms with van der Waals surface area (Å²) >= 11 is 0. The zero-order chi connectivity index (χ0) is 13.7. The molecule has 0 bridgehead atoms. The van der Waals surface area contributed by atoms with E-state index in [1.54, 1.807) is 6.33 Å². The van der Waals surface area contributed by atoms with Crippen LogP contribution in [0.25, 0.3) is 0 Å². The van der Waals surface area contributed by atoms with Gasteiger partial charge in [-0.15, -0.1) is 0 Å². The third kappa shape index (κ3) is 3.90. The molecular formula is C15H26N4. The van der Waals surface area contributed by atoms with Crippen molar-refractivity contribution in [3.8, 4) is 0 Å². The highest BCUT2D eigenvalue weighted by atomic mass is 15.2. The number of hydrogen-bond donors (Lipinski definition) is 1. The lowest BCUT2D eigenvalue weighted by Gasteiger charge is -2.26. The average molecular weight is 262 g/mol. The van der Waals surface area contributed by atoms with E-state index in [9.17, 15) is 0 Å². The van der Waals surface area contributed by atoms with E-state index in [2.05, 4.69) is 47.0 Å². The lowest BCUT2D eigenvalue weighted by molar-refractivity contribution is 0.574. The van der Waals surface area contributed by atoms with E-state index in [1.165, 1.54) is 12.8 Å².